The summed E-state index contributed by atoms with van der Waals surface area (Å²) in [6.07, 6.45) is 4.54. The predicted octanol–water partition coefficient (Wildman–Crippen LogP) is 4.79. The summed E-state index contributed by atoms with van der Waals surface area (Å²) in [6.45, 7) is 3.21. The van der Waals surface area contributed by atoms with E-state index < -0.39 is 0 Å². The van der Waals surface area contributed by atoms with Crippen LogP contribution < -0.4 is 4.90 Å². The fourth-order valence-corrected chi connectivity index (χ4v) is 5.48. The number of fused-ring (bicyclic) bond motifs is 1. The lowest BCUT2D eigenvalue weighted by Gasteiger charge is -2.37. The molecule has 0 bridgehead atoms. The summed E-state index contributed by atoms with van der Waals surface area (Å²) in [4.78, 5) is 25.2. The number of thiophene rings is 1. The molecule has 0 spiro atoms. The molecule has 31 heavy (non-hydrogen) atoms. The number of nitrogens with zero attached hydrogens (tertiary/aromatic N) is 3. The van der Waals surface area contributed by atoms with Crippen molar-refractivity contribution in [1.82, 2.24) is 9.97 Å². The highest BCUT2D eigenvalue weighted by molar-refractivity contribution is 7.20. The van der Waals surface area contributed by atoms with Crippen LogP contribution in [0.15, 0.2) is 30.3 Å². The summed E-state index contributed by atoms with van der Waals surface area (Å²) in [6, 6.07) is 10.2. The van der Waals surface area contributed by atoms with Gasteiger partial charge in [0.25, 0.3) is 0 Å². The second-order valence-electron chi connectivity index (χ2n) is 7.78. The SMILES string of the molecule is Cc1c(C(=O)OCCc2ccccc2)sc2nc(Cl)nc(N3CCCCC3CCO)c12. The number of carbonyl (C=O) groups is 1. The number of aryl methyl sites for hydroxylation is 1. The number of rotatable bonds is 7. The molecule has 8 heteroatoms. The zero-order valence-corrected chi connectivity index (χ0v) is 19.1. The van der Waals surface area contributed by atoms with Crippen molar-refractivity contribution in [3.63, 3.8) is 0 Å². The maximum Gasteiger partial charge on any atom is 0.348 e. The summed E-state index contributed by atoms with van der Waals surface area (Å²) in [5.74, 6) is 0.411. The van der Waals surface area contributed by atoms with Crippen molar-refractivity contribution in [2.45, 2.75) is 45.1 Å². The van der Waals surface area contributed by atoms with Crippen molar-refractivity contribution < 1.29 is 14.6 Å². The lowest BCUT2D eigenvalue weighted by Crippen LogP contribution is -2.40. The van der Waals surface area contributed by atoms with Crippen molar-refractivity contribution in [2.75, 3.05) is 24.7 Å². The number of hydrogen-bond acceptors (Lipinski definition) is 7. The molecule has 3 aromatic rings. The van der Waals surface area contributed by atoms with E-state index in [0.29, 0.717) is 29.2 Å². The molecule has 4 rings (SSSR count). The summed E-state index contributed by atoms with van der Waals surface area (Å²) in [5, 5.41) is 10.5. The third kappa shape index (κ3) is 4.84. The minimum Gasteiger partial charge on any atom is -0.461 e. The van der Waals surface area contributed by atoms with Gasteiger partial charge in [0, 0.05) is 25.6 Å². The molecule has 0 saturated carbocycles. The zero-order valence-electron chi connectivity index (χ0n) is 17.5. The van der Waals surface area contributed by atoms with E-state index in [0.717, 1.165) is 48.1 Å². The molecule has 1 fully saturated rings. The van der Waals surface area contributed by atoms with E-state index in [2.05, 4.69) is 14.9 Å². The number of carbonyl (C=O) groups excluding carboxylic acids is 1. The highest BCUT2D eigenvalue weighted by Crippen LogP contribution is 2.39. The van der Waals surface area contributed by atoms with E-state index in [-0.39, 0.29) is 23.9 Å². The number of halogens is 1. The summed E-state index contributed by atoms with van der Waals surface area (Å²) in [7, 11) is 0. The van der Waals surface area contributed by atoms with Crippen LogP contribution in [0.1, 0.15) is 46.5 Å². The Bertz CT molecular complexity index is 1060. The van der Waals surface area contributed by atoms with E-state index in [1.807, 2.05) is 37.3 Å². The van der Waals surface area contributed by atoms with Crippen molar-refractivity contribution in [3.05, 3.63) is 51.6 Å². The molecule has 1 unspecified atom stereocenters. The van der Waals surface area contributed by atoms with Gasteiger partial charge < -0.3 is 14.7 Å². The fraction of sp³-hybridized carbons (Fsp3) is 0.435. The molecule has 1 aromatic carbocycles. The number of hydrogen-bond donors (Lipinski definition) is 1. The van der Waals surface area contributed by atoms with Crippen LogP contribution >= 0.6 is 22.9 Å². The minimum atomic E-state index is -0.343. The molecule has 0 radical (unpaired) electrons. The Morgan fingerprint density at radius 1 is 1.29 bits per heavy atom. The Balaban J connectivity index is 1.60. The Morgan fingerprint density at radius 2 is 2.10 bits per heavy atom. The number of aliphatic hydroxyl groups excluding tert-OH is 1. The van der Waals surface area contributed by atoms with Crippen LogP contribution in [0, 0.1) is 6.92 Å². The van der Waals surface area contributed by atoms with E-state index in [4.69, 9.17) is 16.3 Å². The minimum absolute atomic E-state index is 0.130. The topological polar surface area (TPSA) is 75.5 Å². The monoisotopic (exact) mass is 459 g/mol. The Morgan fingerprint density at radius 3 is 2.87 bits per heavy atom. The van der Waals surface area contributed by atoms with Gasteiger partial charge in [-0.15, -0.1) is 11.3 Å². The molecular formula is C23H26ClN3O3S. The maximum atomic E-state index is 12.8. The van der Waals surface area contributed by atoms with Gasteiger partial charge in [0.2, 0.25) is 5.28 Å². The molecule has 164 valence electrons. The van der Waals surface area contributed by atoms with Crippen LogP contribution in [0.2, 0.25) is 5.28 Å². The van der Waals surface area contributed by atoms with Crippen molar-refractivity contribution in [1.29, 1.82) is 0 Å². The molecule has 6 nitrogen and oxygen atoms in total. The van der Waals surface area contributed by atoms with Gasteiger partial charge in [-0.2, -0.15) is 4.98 Å². The number of benzene rings is 1. The normalized spacial score (nSPS) is 16.6. The summed E-state index contributed by atoms with van der Waals surface area (Å²) in [5.41, 5.74) is 1.95. The number of aromatic nitrogens is 2. The Hall–Kier alpha value is -2.22. The third-order valence-corrected chi connectivity index (χ3v) is 7.09. The van der Waals surface area contributed by atoms with Gasteiger partial charge in [-0.1, -0.05) is 30.3 Å². The lowest BCUT2D eigenvalue weighted by atomic mass is 9.99. The molecular weight excluding hydrogens is 434 g/mol. The first-order valence-corrected chi connectivity index (χ1v) is 11.8. The molecule has 0 aliphatic carbocycles. The first-order valence-electron chi connectivity index (χ1n) is 10.6. The average Bonchev–Trinajstić information content (AvgIpc) is 3.11. The van der Waals surface area contributed by atoms with Crippen LogP contribution in [-0.2, 0) is 11.2 Å². The number of piperidine rings is 1. The lowest BCUT2D eigenvalue weighted by molar-refractivity contribution is 0.0514. The van der Waals surface area contributed by atoms with Crippen LogP contribution in [0.25, 0.3) is 10.2 Å². The van der Waals surface area contributed by atoms with Gasteiger partial charge in [-0.25, -0.2) is 9.78 Å². The smallest absolute Gasteiger partial charge is 0.348 e. The standard InChI is InChI=1S/C23H26ClN3O3S/c1-15-18-20(27-12-6-5-9-17(27)10-13-28)25-23(24)26-21(18)31-19(15)22(29)30-14-11-16-7-3-2-4-8-16/h2-4,7-8,17,28H,5-6,9-14H2,1H3. The molecule has 3 heterocycles. The average molecular weight is 460 g/mol. The molecule has 1 atom stereocenters. The molecule has 0 amide bonds. The van der Waals surface area contributed by atoms with E-state index in [9.17, 15) is 9.90 Å². The highest BCUT2D eigenvalue weighted by atomic mass is 35.5. The van der Waals surface area contributed by atoms with Crippen molar-refractivity contribution in [2.24, 2.45) is 0 Å². The Kier molecular flexibility index (Phi) is 7.05. The van der Waals surface area contributed by atoms with E-state index in [1.54, 1.807) is 0 Å². The van der Waals surface area contributed by atoms with Gasteiger partial charge in [0.15, 0.2) is 0 Å². The van der Waals surface area contributed by atoms with Gasteiger partial charge >= 0.3 is 5.97 Å². The first-order chi connectivity index (χ1) is 15.1. The van der Waals surface area contributed by atoms with Crippen LogP contribution in [-0.4, -0.2) is 46.8 Å². The number of anilines is 1. The molecule has 1 N–H and O–H groups in total. The van der Waals surface area contributed by atoms with Crippen molar-refractivity contribution in [3.8, 4) is 0 Å². The highest BCUT2D eigenvalue weighted by Gasteiger charge is 2.28. The van der Waals surface area contributed by atoms with Crippen LogP contribution in [0.4, 0.5) is 5.82 Å². The van der Waals surface area contributed by atoms with Crippen LogP contribution in [0.3, 0.4) is 0 Å². The number of esters is 1. The van der Waals surface area contributed by atoms with Crippen molar-refractivity contribution >= 4 is 44.9 Å². The number of aliphatic hydroxyl groups is 1. The van der Waals surface area contributed by atoms with Gasteiger partial charge in [0.05, 0.1) is 12.0 Å². The molecule has 1 aliphatic heterocycles. The molecule has 2 aromatic heterocycles. The number of ether oxygens (including phenoxy) is 1. The van der Waals surface area contributed by atoms with E-state index >= 15 is 0 Å². The quantitative estimate of drug-likeness (QED) is 0.404. The van der Waals surface area contributed by atoms with Gasteiger partial charge in [-0.3, -0.25) is 0 Å². The zero-order chi connectivity index (χ0) is 21.8. The van der Waals surface area contributed by atoms with Gasteiger partial charge in [0.1, 0.15) is 15.5 Å². The first kappa shape index (κ1) is 22.0. The molecule has 1 saturated heterocycles. The second kappa shape index (κ2) is 9.94. The fourth-order valence-electron chi connectivity index (χ4n) is 4.20. The second-order valence-corrected chi connectivity index (χ2v) is 9.12. The molecule has 1 aliphatic rings. The van der Waals surface area contributed by atoms with Gasteiger partial charge in [-0.05, 0) is 55.3 Å². The van der Waals surface area contributed by atoms with E-state index in [1.165, 1.54) is 11.3 Å². The maximum absolute atomic E-state index is 12.8. The predicted molar refractivity (Wildman–Crippen MR) is 124 cm³/mol. The Labute approximate surface area is 190 Å². The summed E-state index contributed by atoms with van der Waals surface area (Å²) < 4.78 is 5.56. The summed E-state index contributed by atoms with van der Waals surface area (Å²) >= 11 is 7.55. The largest absolute Gasteiger partial charge is 0.461 e. The third-order valence-electron chi connectivity index (χ3n) is 5.76. The van der Waals surface area contributed by atoms with Crippen LogP contribution in [0.5, 0.6) is 0 Å².